The number of nitrogens with two attached hydrogens (primary N) is 1. The summed E-state index contributed by atoms with van der Waals surface area (Å²) in [6, 6.07) is 8.67. The van der Waals surface area contributed by atoms with Crippen molar-refractivity contribution in [2.75, 3.05) is 57.9 Å². The Morgan fingerprint density at radius 2 is 1.89 bits per heavy atom. The molecule has 2 aliphatic rings. The second-order valence-corrected chi connectivity index (χ2v) is 10.8. The lowest BCUT2D eigenvalue weighted by Gasteiger charge is -2.54. The fourth-order valence-corrected chi connectivity index (χ4v) is 5.84. The summed E-state index contributed by atoms with van der Waals surface area (Å²) < 4.78 is 8.03. The number of fused-ring (bicyclic) bond motifs is 1. The van der Waals surface area contributed by atoms with Crippen molar-refractivity contribution >= 4 is 22.8 Å². The van der Waals surface area contributed by atoms with E-state index in [0.717, 1.165) is 47.7 Å². The molecule has 0 saturated carbocycles. The van der Waals surface area contributed by atoms with Gasteiger partial charge in [-0.25, -0.2) is 4.98 Å². The average Bonchev–Trinajstić information content (AvgIpc) is 3.25. The molecule has 0 aliphatic carbocycles. The molecule has 0 atom stereocenters. The minimum absolute atomic E-state index is 0.299. The van der Waals surface area contributed by atoms with E-state index in [1.807, 2.05) is 6.07 Å². The Morgan fingerprint density at radius 3 is 2.64 bits per heavy atom. The maximum atomic E-state index is 5.99. The molecule has 0 unspecified atom stereocenters. The van der Waals surface area contributed by atoms with Crippen molar-refractivity contribution in [2.24, 2.45) is 5.41 Å². The Bertz CT molecular complexity index is 1170. The molecule has 4 heterocycles. The number of anilines is 2. The van der Waals surface area contributed by atoms with Crippen LogP contribution in [0.1, 0.15) is 50.2 Å². The van der Waals surface area contributed by atoms with Gasteiger partial charge in [0.15, 0.2) is 5.82 Å². The van der Waals surface area contributed by atoms with Gasteiger partial charge in [-0.05, 0) is 62.5 Å². The Hall–Kier alpha value is -2.84. The summed E-state index contributed by atoms with van der Waals surface area (Å²) >= 11 is 0. The normalized spacial score (nSPS) is 18.0. The zero-order valence-electron chi connectivity index (χ0n) is 22.1. The van der Waals surface area contributed by atoms with E-state index in [1.165, 1.54) is 57.4 Å². The minimum atomic E-state index is 0.299. The van der Waals surface area contributed by atoms with Crippen LogP contribution in [0.3, 0.4) is 0 Å². The van der Waals surface area contributed by atoms with Gasteiger partial charge in [0, 0.05) is 37.9 Å². The van der Waals surface area contributed by atoms with E-state index in [4.69, 9.17) is 10.5 Å². The molecule has 1 spiro atoms. The minimum Gasteiger partial charge on any atom is -0.496 e. The van der Waals surface area contributed by atoms with E-state index in [0.29, 0.717) is 17.9 Å². The quantitative estimate of drug-likeness (QED) is 0.411. The molecule has 0 radical (unpaired) electrons. The smallest absolute Gasteiger partial charge is 0.222 e. The molecular formula is C28H41N7O. The van der Waals surface area contributed by atoms with Crippen LogP contribution in [0.25, 0.3) is 11.0 Å². The van der Waals surface area contributed by atoms with Gasteiger partial charge in [-0.1, -0.05) is 31.9 Å². The lowest BCUT2D eigenvalue weighted by molar-refractivity contribution is -0.0471. The Balaban J connectivity index is 1.28. The van der Waals surface area contributed by atoms with E-state index >= 15 is 0 Å². The molecule has 2 fully saturated rings. The number of nitrogens with zero attached hydrogens (tertiary/aromatic N) is 5. The van der Waals surface area contributed by atoms with E-state index in [1.54, 1.807) is 7.11 Å². The van der Waals surface area contributed by atoms with Crippen LogP contribution >= 0.6 is 0 Å². The van der Waals surface area contributed by atoms with Crippen LogP contribution in [0.2, 0.25) is 0 Å². The second-order valence-electron chi connectivity index (χ2n) is 10.8. The number of aromatic nitrogens is 3. The first-order valence-electron chi connectivity index (χ1n) is 13.4. The fraction of sp³-hybridized carbons (Fsp3) is 0.571. The highest BCUT2D eigenvalue weighted by Gasteiger charge is 2.43. The fourth-order valence-electron chi connectivity index (χ4n) is 5.84. The summed E-state index contributed by atoms with van der Waals surface area (Å²) in [5, 5.41) is 3.48. The van der Waals surface area contributed by atoms with Crippen molar-refractivity contribution in [3.05, 3.63) is 41.6 Å². The van der Waals surface area contributed by atoms with Crippen LogP contribution in [0.5, 0.6) is 5.75 Å². The topological polar surface area (TPSA) is 84.5 Å². The number of ether oxygens (including phenoxy) is 1. The number of nitrogens with one attached hydrogen (secondary N) is 1. The van der Waals surface area contributed by atoms with Crippen molar-refractivity contribution in [1.29, 1.82) is 0 Å². The Labute approximate surface area is 214 Å². The predicted octanol–water partition coefficient (Wildman–Crippen LogP) is 4.20. The number of piperidine rings is 1. The number of unbranched alkanes of at least 4 members (excludes halogenated alkanes) is 2. The third-order valence-electron chi connectivity index (χ3n) is 7.96. The number of hydrogen-bond donors (Lipinski definition) is 2. The predicted molar refractivity (Wildman–Crippen MR) is 146 cm³/mol. The molecule has 0 bridgehead atoms. The van der Waals surface area contributed by atoms with Gasteiger partial charge in [0.25, 0.3) is 0 Å². The zero-order chi connectivity index (χ0) is 25.1. The Kier molecular flexibility index (Phi) is 7.34. The summed E-state index contributed by atoms with van der Waals surface area (Å²) in [6.45, 7) is 9.66. The standard InChI is InChI=1S/C28H41N7O/c1-4-5-6-12-30-26-25-23(31-27(29)32-26)9-13-35(25)18-22-8-7-21(16-24(22)36-3)17-34-19-28(20-34)10-14-33(2)15-11-28/h7-9,13,16H,4-6,10-12,14-15,17-20H2,1-3H3,(H3,29,30,31,32). The molecule has 194 valence electrons. The largest absolute Gasteiger partial charge is 0.496 e. The van der Waals surface area contributed by atoms with Crippen molar-refractivity contribution in [3.63, 3.8) is 0 Å². The maximum absolute atomic E-state index is 5.99. The molecule has 2 aromatic heterocycles. The molecule has 2 saturated heterocycles. The molecular weight excluding hydrogens is 450 g/mol. The van der Waals surface area contributed by atoms with Gasteiger partial charge in [-0.3, -0.25) is 4.90 Å². The third kappa shape index (κ3) is 5.30. The maximum Gasteiger partial charge on any atom is 0.222 e. The van der Waals surface area contributed by atoms with Crippen LogP contribution in [0.4, 0.5) is 11.8 Å². The summed E-state index contributed by atoms with van der Waals surface area (Å²) in [5.41, 5.74) is 10.8. The van der Waals surface area contributed by atoms with E-state index < -0.39 is 0 Å². The number of rotatable bonds is 10. The monoisotopic (exact) mass is 491 g/mol. The van der Waals surface area contributed by atoms with Gasteiger partial charge in [0.05, 0.1) is 19.2 Å². The summed E-state index contributed by atoms with van der Waals surface area (Å²) in [4.78, 5) is 14.0. The van der Waals surface area contributed by atoms with Crippen molar-refractivity contribution in [2.45, 2.75) is 52.1 Å². The van der Waals surface area contributed by atoms with Gasteiger partial charge in [-0.2, -0.15) is 4.98 Å². The molecule has 36 heavy (non-hydrogen) atoms. The SMILES string of the molecule is CCCCCNc1nc(N)nc2ccn(Cc3ccc(CN4CC5(CCN(C)CC5)C4)cc3OC)c12. The Morgan fingerprint density at radius 1 is 1.08 bits per heavy atom. The van der Waals surface area contributed by atoms with Crippen LogP contribution in [0.15, 0.2) is 30.5 Å². The number of nitrogen functional groups attached to an aromatic ring is 1. The highest BCUT2D eigenvalue weighted by molar-refractivity contribution is 5.87. The molecule has 3 N–H and O–H groups in total. The highest BCUT2D eigenvalue weighted by Crippen LogP contribution is 2.41. The first kappa shape index (κ1) is 24.8. The molecule has 3 aromatic rings. The van der Waals surface area contributed by atoms with Crippen molar-refractivity contribution < 1.29 is 4.74 Å². The number of methoxy groups -OCH3 is 1. The van der Waals surface area contributed by atoms with Crippen LogP contribution in [0, 0.1) is 5.41 Å². The average molecular weight is 492 g/mol. The first-order valence-corrected chi connectivity index (χ1v) is 13.4. The van der Waals surface area contributed by atoms with Crippen LogP contribution in [-0.2, 0) is 13.1 Å². The summed E-state index contributed by atoms with van der Waals surface area (Å²) in [7, 11) is 4.00. The van der Waals surface area contributed by atoms with Gasteiger partial charge in [0.1, 0.15) is 11.3 Å². The van der Waals surface area contributed by atoms with Gasteiger partial charge in [-0.15, -0.1) is 0 Å². The van der Waals surface area contributed by atoms with Gasteiger partial charge >= 0.3 is 0 Å². The molecule has 0 amide bonds. The van der Waals surface area contributed by atoms with E-state index in [2.05, 4.69) is 68.0 Å². The second kappa shape index (κ2) is 10.6. The highest BCUT2D eigenvalue weighted by atomic mass is 16.5. The summed E-state index contributed by atoms with van der Waals surface area (Å²) in [6.07, 6.45) is 8.20. The van der Waals surface area contributed by atoms with E-state index in [9.17, 15) is 0 Å². The zero-order valence-corrected chi connectivity index (χ0v) is 22.1. The van der Waals surface area contributed by atoms with Crippen molar-refractivity contribution in [1.82, 2.24) is 24.3 Å². The number of likely N-dealkylation sites (tertiary alicyclic amines) is 2. The van der Waals surface area contributed by atoms with Crippen molar-refractivity contribution in [3.8, 4) is 5.75 Å². The number of benzene rings is 1. The van der Waals surface area contributed by atoms with Gasteiger partial charge < -0.3 is 25.3 Å². The molecule has 8 heteroatoms. The number of hydrogen-bond acceptors (Lipinski definition) is 7. The lowest BCUT2D eigenvalue weighted by Crippen LogP contribution is -2.59. The molecule has 5 rings (SSSR count). The molecule has 1 aromatic carbocycles. The van der Waals surface area contributed by atoms with Crippen LogP contribution in [-0.4, -0.2) is 71.2 Å². The van der Waals surface area contributed by atoms with Gasteiger partial charge in [0.2, 0.25) is 5.95 Å². The first-order chi connectivity index (χ1) is 17.5. The molecule has 8 nitrogen and oxygen atoms in total. The lowest BCUT2D eigenvalue weighted by atomic mass is 9.72. The third-order valence-corrected chi connectivity index (χ3v) is 7.96. The molecule has 2 aliphatic heterocycles. The van der Waals surface area contributed by atoms with E-state index in [-0.39, 0.29) is 0 Å². The summed E-state index contributed by atoms with van der Waals surface area (Å²) in [5.74, 6) is 2.03. The van der Waals surface area contributed by atoms with Crippen LogP contribution < -0.4 is 15.8 Å².